The quantitative estimate of drug-likeness (QED) is 0.498. The van der Waals surface area contributed by atoms with E-state index in [0.717, 1.165) is 45.5 Å². The van der Waals surface area contributed by atoms with Crippen LogP contribution in [-0.2, 0) is 11.4 Å². The normalized spacial score (nSPS) is 18.1. The third-order valence-corrected chi connectivity index (χ3v) is 6.77. The lowest BCUT2D eigenvalue weighted by Crippen LogP contribution is -2.41. The Morgan fingerprint density at radius 1 is 1.13 bits per heavy atom. The minimum atomic E-state index is -0.726. The van der Waals surface area contributed by atoms with Gasteiger partial charge in [-0.1, -0.05) is 60.1 Å². The Morgan fingerprint density at radius 2 is 1.90 bits per heavy atom. The molecule has 0 radical (unpaired) electrons. The molecule has 0 aliphatic carbocycles. The summed E-state index contributed by atoms with van der Waals surface area (Å²) in [7, 11) is 0. The minimum absolute atomic E-state index is 0.0865. The fourth-order valence-corrected chi connectivity index (χ4v) is 5.24. The number of para-hydroxylation sites is 1. The van der Waals surface area contributed by atoms with Crippen LogP contribution in [0.2, 0.25) is 4.34 Å². The molecule has 0 spiro atoms. The largest absolute Gasteiger partial charge is 0.489 e. The summed E-state index contributed by atoms with van der Waals surface area (Å²) in [5, 5.41) is 9.58. The van der Waals surface area contributed by atoms with Crippen LogP contribution < -0.4 is 4.74 Å². The second-order valence-corrected chi connectivity index (χ2v) is 9.28. The van der Waals surface area contributed by atoms with E-state index in [1.54, 1.807) is 0 Å². The zero-order chi connectivity index (χ0) is 20.9. The number of hydrogen-bond acceptors (Lipinski definition) is 4. The number of carboxylic acid groups (broad SMARTS) is 1. The molecule has 4 nitrogen and oxygen atoms in total. The van der Waals surface area contributed by atoms with Crippen molar-refractivity contribution in [1.29, 1.82) is 0 Å². The molecule has 1 aliphatic rings. The number of halogens is 1. The first-order chi connectivity index (χ1) is 14.6. The highest BCUT2D eigenvalue weighted by Gasteiger charge is 2.33. The third kappa shape index (κ3) is 4.86. The maximum absolute atomic E-state index is 11.7. The maximum atomic E-state index is 11.7. The molecule has 1 saturated heterocycles. The monoisotopic (exact) mass is 441 g/mol. The van der Waals surface area contributed by atoms with E-state index in [4.69, 9.17) is 16.3 Å². The van der Waals surface area contributed by atoms with Gasteiger partial charge in [-0.3, -0.25) is 9.69 Å². The van der Waals surface area contributed by atoms with E-state index >= 15 is 0 Å². The number of carbonyl (C=O) groups is 1. The second kappa shape index (κ2) is 9.65. The molecule has 2 unspecified atom stereocenters. The molecule has 2 heterocycles. The molecule has 1 fully saturated rings. The Labute approximate surface area is 185 Å². The van der Waals surface area contributed by atoms with Gasteiger partial charge in [0.15, 0.2) is 0 Å². The van der Waals surface area contributed by atoms with Gasteiger partial charge >= 0.3 is 5.97 Å². The smallest absolute Gasteiger partial charge is 0.307 e. The number of hydrogen-bond donors (Lipinski definition) is 1. The summed E-state index contributed by atoms with van der Waals surface area (Å²) in [6.45, 7) is 1.84. The van der Waals surface area contributed by atoms with Gasteiger partial charge < -0.3 is 9.84 Å². The van der Waals surface area contributed by atoms with Crippen LogP contribution in [0.3, 0.4) is 0 Å². The predicted octanol–water partition coefficient (Wildman–Crippen LogP) is 5.87. The van der Waals surface area contributed by atoms with Crippen molar-refractivity contribution in [2.24, 2.45) is 5.92 Å². The highest BCUT2D eigenvalue weighted by atomic mass is 35.5. The number of carboxylic acids is 1. The molecule has 3 aromatic rings. The summed E-state index contributed by atoms with van der Waals surface area (Å²) in [6.07, 6.45) is 1.58. The molecule has 2 atom stereocenters. The summed E-state index contributed by atoms with van der Waals surface area (Å²) < 4.78 is 6.95. The Bertz CT molecular complexity index is 991. The first-order valence-electron chi connectivity index (χ1n) is 10.1. The fraction of sp³-hybridized carbons (Fsp3) is 0.292. The van der Waals surface area contributed by atoms with Crippen LogP contribution in [0.25, 0.3) is 0 Å². The van der Waals surface area contributed by atoms with Crippen molar-refractivity contribution >= 4 is 28.9 Å². The lowest BCUT2D eigenvalue weighted by Gasteiger charge is -2.37. The number of benzene rings is 2. The van der Waals surface area contributed by atoms with Gasteiger partial charge in [0.1, 0.15) is 12.4 Å². The van der Waals surface area contributed by atoms with Crippen molar-refractivity contribution in [1.82, 2.24) is 4.90 Å². The minimum Gasteiger partial charge on any atom is -0.489 e. The molecular formula is C24H24ClNO3S. The van der Waals surface area contributed by atoms with E-state index in [2.05, 4.69) is 11.0 Å². The Balaban J connectivity index is 1.66. The summed E-state index contributed by atoms with van der Waals surface area (Å²) in [4.78, 5) is 15.0. The number of piperidine rings is 1. The molecule has 1 N–H and O–H groups in total. The molecule has 0 saturated carbocycles. The Morgan fingerprint density at radius 3 is 2.63 bits per heavy atom. The van der Waals surface area contributed by atoms with E-state index in [1.807, 2.05) is 60.7 Å². The van der Waals surface area contributed by atoms with Gasteiger partial charge in [0, 0.05) is 17.0 Å². The van der Waals surface area contributed by atoms with Crippen LogP contribution in [-0.4, -0.2) is 29.1 Å². The average Bonchev–Trinajstić information content (AvgIpc) is 3.20. The van der Waals surface area contributed by atoms with E-state index < -0.39 is 5.97 Å². The highest BCUT2D eigenvalue weighted by Crippen LogP contribution is 2.41. The molecule has 4 rings (SSSR count). The van der Waals surface area contributed by atoms with Gasteiger partial charge in [0.2, 0.25) is 0 Å². The fourth-order valence-electron chi connectivity index (χ4n) is 4.02. The zero-order valence-electron chi connectivity index (χ0n) is 16.5. The van der Waals surface area contributed by atoms with Gasteiger partial charge in [-0.2, -0.15) is 0 Å². The van der Waals surface area contributed by atoms with Crippen molar-refractivity contribution in [3.8, 4) is 5.75 Å². The standard InChI is InChI=1S/C24H24ClNO3S/c25-22-13-12-21(30-22)23(26-14-6-9-18(15-26)24(27)28)19-10-4-5-11-20(19)29-16-17-7-2-1-3-8-17/h1-5,7-8,10-13,18,23H,6,9,14-16H2,(H,27,28). The Hall–Kier alpha value is -2.34. The number of thiophene rings is 1. The van der Waals surface area contributed by atoms with Gasteiger partial charge in [-0.05, 0) is 43.1 Å². The SMILES string of the molecule is O=C(O)C1CCCN(C(c2ccc(Cl)s2)c2ccccc2OCc2ccccc2)C1. The molecule has 0 amide bonds. The van der Waals surface area contributed by atoms with Crippen LogP contribution in [0.1, 0.15) is 34.9 Å². The summed E-state index contributed by atoms with van der Waals surface area (Å²) >= 11 is 7.80. The highest BCUT2D eigenvalue weighted by molar-refractivity contribution is 7.16. The molecule has 1 aliphatic heterocycles. The van der Waals surface area contributed by atoms with E-state index in [9.17, 15) is 9.90 Å². The Kier molecular flexibility index (Phi) is 6.72. The molecule has 1 aromatic heterocycles. The lowest BCUT2D eigenvalue weighted by atomic mass is 9.94. The second-order valence-electron chi connectivity index (χ2n) is 7.53. The number of likely N-dealkylation sites (tertiary alicyclic amines) is 1. The van der Waals surface area contributed by atoms with Gasteiger partial charge in [-0.15, -0.1) is 11.3 Å². The van der Waals surface area contributed by atoms with Crippen molar-refractivity contribution in [2.75, 3.05) is 13.1 Å². The van der Waals surface area contributed by atoms with Crippen molar-refractivity contribution in [3.05, 3.63) is 87.1 Å². The van der Waals surface area contributed by atoms with Crippen molar-refractivity contribution in [2.45, 2.75) is 25.5 Å². The number of nitrogens with zero attached hydrogens (tertiary/aromatic N) is 1. The molecule has 30 heavy (non-hydrogen) atoms. The molecular weight excluding hydrogens is 418 g/mol. The van der Waals surface area contributed by atoms with Crippen molar-refractivity contribution < 1.29 is 14.6 Å². The van der Waals surface area contributed by atoms with Gasteiger partial charge in [-0.25, -0.2) is 0 Å². The number of rotatable bonds is 7. The number of ether oxygens (including phenoxy) is 1. The van der Waals surface area contributed by atoms with Crippen LogP contribution in [0, 0.1) is 5.92 Å². The lowest BCUT2D eigenvalue weighted by molar-refractivity contribution is -0.143. The van der Waals surface area contributed by atoms with Crippen LogP contribution in [0.5, 0.6) is 5.75 Å². The zero-order valence-corrected chi connectivity index (χ0v) is 18.1. The molecule has 2 aromatic carbocycles. The van der Waals surface area contributed by atoms with Crippen molar-refractivity contribution in [3.63, 3.8) is 0 Å². The van der Waals surface area contributed by atoms with Crippen LogP contribution in [0.4, 0.5) is 0 Å². The average molecular weight is 442 g/mol. The van der Waals surface area contributed by atoms with E-state index in [1.165, 1.54) is 11.3 Å². The summed E-state index contributed by atoms with van der Waals surface area (Å²) in [5.74, 6) is -0.265. The first-order valence-corrected chi connectivity index (χ1v) is 11.3. The van der Waals surface area contributed by atoms with Crippen LogP contribution in [0.15, 0.2) is 66.7 Å². The van der Waals surface area contributed by atoms with Gasteiger partial charge in [0.05, 0.1) is 16.3 Å². The summed E-state index contributed by atoms with van der Waals surface area (Å²) in [6, 6.07) is 22.0. The van der Waals surface area contributed by atoms with E-state index in [0.29, 0.717) is 13.2 Å². The third-order valence-electron chi connectivity index (χ3n) is 5.48. The molecule has 156 valence electrons. The summed E-state index contributed by atoms with van der Waals surface area (Å²) in [5.41, 5.74) is 2.14. The molecule has 0 bridgehead atoms. The predicted molar refractivity (Wildman–Crippen MR) is 120 cm³/mol. The number of aliphatic carboxylic acids is 1. The first kappa shape index (κ1) is 20.9. The topological polar surface area (TPSA) is 49.8 Å². The van der Waals surface area contributed by atoms with E-state index in [-0.39, 0.29) is 12.0 Å². The molecule has 6 heteroatoms. The maximum Gasteiger partial charge on any atom is 0.307 e. The van der Waals surface area contributed by atoms with Gasteiger partial charge in [0.25, 0.3) is 0 Å². The van der Waals surface area contributed by atoms with Crippen LogP contribution >= 0.6 is 22.9 Å².